The summed E-state index contributed by atoms with van der Waals surface area (Å²) in [4.78, 5) is 2.40. The molecule has 390 valence electrons. The molecule has 0 N–H and O–H groups in total. The predicted molar refractivity (Wildman–Crippen MR) is 344 cm³/mol. The van der Waals surface area contributed by atoms with Crippen LogP contribution < -0.4 is 15.3 Å². The number of anilines is 2. The molecule has 0 saturated heterocycles. The van der Waals surface area contributed by atoms with Gasteiger partial charge in [0.05, 0.1) is 10.8 Å². The predicted octanol–water partition coefficient (Wildman–Crippen LogP) is 19.1. The van der Waals surface area contributed by atoms with E-state index in [2.05, 4.69) is 288 Å². The number of hydrogen-bond acceptors (Lipinski definition) is 1. The summed E-state index contributed by atoms with van der Waals surface area (Å²) < 4.78 is 0. The van der Waals surface area contributed by atoms with Gasteiger partial charge >= 0.3 is 0 Å². The van der Waals surface area contributed by atoms with E-state index in [1.54, 1.807) is 0 Å². The highest BCUT2D eigenvalue weighted by Gasteiger charge is 2.55. The minimum Gasteiger partial charge on any atom is -0.338 e. The smallest absolute Gasteiger partial charge is 0.0673 e. The number of aryl methyl sites for hydroxylation is 1. The number of benzene rings is 8. The van der Waals surface area contributed by atoms with Crippen molar-refractivity contribution in [1.82, 2.24) is 0 Å². The van der Waals surface area contributed by atoms with Crippen molar-refractivity contribution >= 4 is 35.2 Å². The summed E-state index contributed by atoms with van der Waals surface area (Å²) >= 11 is 0. The molecule has 1 nitrogen and oxygen atoms in total. The van der Waals surface area contributed by atoms with Gasteiger partial charge in [-0.3, -0.25) is 0 Å². The topological polar surface area (TPSA) is 3.24 Å². The molecular formula is C78H73N. The maximum absolute atomic E-state index is 4.63. The van der Waals surface area contributed by atoms with Gasteiger partial charge in [0.2, 0.25) is 0 Å². The van der Waals surface area contributed by atoms with Crippen LogP contribution in [0.15, 0.2) is 287 Å². The van der Waals surface area contributed by atoms with E-state index >= 15 is 0 Å². The molecule has 0 bridgehead atoms. The SMILES string of the molecule is C=C/C=c1/cc(C(/C=C\CN(c2ccc(-c3ccccc3)cc2)c2ccc(-c3cccc4c3C(C/C=C\C)(c3ccccc3C(=C)C=C)c3ccccc3C4(C3=CC=CCC3)c3ccccc3C)cc2)=C/C=C)ccc1=C.CC. The summed E-state index contributed by atoms with van der Waals surface area (Å²) in [5.74, 6) is 0. The Morgan fingerprint density at radius 1 is 0.620 bits per heavy atom. The van der Waals surface area contributed by atoms with Crippen molar-refractivity contribution in [3.8, 4) is 22.3 Å². The molecule has 2 aliphatic rings. The number of allylic oxidation sites excluding steroid dienone is 13. The first-order valence-electron chi connectivity index (χ1n) is 27.9. The molecule has 0 heterocycles. The van der Waals surface area contributed by atoms with Crippen molar-refractivity contribution in [3.63, 3.8) is 0 Å². The van der Waals surface area contributed by atoms with Crippen molar-refractivity contribution in [1.29, 1.82) is 0 Å². The Hall–Kier alpha value is -9.04. The molecule has 8 aromatic carbocycles. The molecule has 0 amide bonds. The normalized spacial score (nSPS) is 16.8. The number of rotatable bonds is 17. The van der Waals surface area contributed by atoms with Crippen LogP contribution in [0.25, 0.3) is 46.1 Å². The fourth-order valence-corrected chi connectivity index (χ4v) is 12.2. The lowest BCUT2D eigenvalue weighted by Crippen LogP contribution is -2.46. The molecule has 79 heavy (non-hydrogen) atoms. The van der Waals surface area contributed by atoms with E-state index in [1.807, 2.05) is 38.2 Å². The highest BCUT2D eigenvalue weighted by atomic mass is 15.1. The van der Waals surface area contributed by atoms with E-state index in [1.165, 1.54) is 61.2 Å². The molecule has 2 atom stereocenters. The second-order valence-electron chi connectivity index (χ2n) is 20.1. The molecule has 0 aromatic heterocycles. The molecular weight excluding hydrogens is 951 g/mol. The van der Waals surface area contributed by atoms with Gasteiger partial charge in [0, 0.05) is 17.9 Å². The maximum atomic E-state index is 4.63. The zero-order chi connectivity index (χ0) is 55.4. The van der Waals surface area contributed by atoms with Crippen LogP contribution in [0.1, 0.15) is 90.1 Å². The summed E-state index contributed by atoms with van der Waals surface area (Å²) in [7, 11) is 0. The van der Waals surface area contributed by atoms with Crippen LogP contribution >= 0.6 is 0 Å². The Bertz CT molecular complexity index is 3800. The second kappa shape index (κ2) is 25.0. The number of nitrogens with zero attached hydrogens (tertiary/aromatic N) is 1. The van der Waals surface area contributed by atoms with Crippen LogP contribution in [-0.2, 0) is 10.8 Å². The Balaban J connectivity index is 0.00000374. The van der Waals surface area contributed by atoms with Gasteiger partial charge in [-0.05, 0) is 157 Å². The fourth-order valence-electron chi connectivity index (χ4n) is 12.2. The lowest BCUT2D eigenvalue weighted by molar-refractivity contribution is 0.539. The Morgan fingerprint density at radius 2 is 1.25 bits per heavy atom. The summed E-state index contributed by atoms with van der Waals surface area (Å²) in [6.07, 6.45) is 28.3. The van der Waals surface area contributed by atoms with Gasteiger partial charge in [0.15, 0.2) is 0 Å². The quantitative estimate of drug-likeness (QED) is 0.0649. The highest BCUT2D eigenvalue weighted by Crippen LogP contribution is 2.63. The standard InChI is InChI=1S/C76H67N.C2H6/c1-8-12-52-75(70-38-22-20-35-67(70)55(5)11-4)71-39-23-24-40-72(71)76(64-33-17-14-18-34-64,69-37-21-19-29-57(69)7)73-41-25-36-68(74(73)75)61-46-50-66(51-47-61)77(65-48-44-60(45-49-65)59-30-15-13-16-31-59)53-26-32-58(27-9-2)63-43-42-56(6)62(54-63)28-10-3;1-2/h8-17,19-33,35-51,54H,2-6,18,34,52-53H2,1,7H3;1-2H3/b12-8-,32-26-,58-27+,62-28-;. The van der Waals surface area contributed by atoms with E-state index < -0.39 is 10.8 Å². The maximum Gasteiger partial charge on any atom is 0.0673 e. The lowest BCUT2D eigenvalue weighted by Gasteiger charge is -2.53. The molecule has 0 saturated carbocycles. The third kappa shape index (κ3) is 10.5. The molecule has 0 fully saturated rings. The molecule has 0 aliphatic heterocycles. The monoisotopic (exact) mass is 1020 g/mol. The molecule has 0 spiro atoms. The number of fused-ring (bicyclic) bond motifs is 2. The van der Waals surface area contributed by atoms with Gasteiger partial charge in [0.1, 0.15) is 0 Å². The molecule has 1 heteroatoms. The Kier molecular flexibility index (Phi) is 17.3. The Labute approximate surface area is 471 Å². The van der Waals surface area contributed by atoms with Crippen LogP contribution in [0.4, 0.5) is 11.4 Å². The van der Waals surface area contributed by atoms with Gasteiger partial charge in [-0.25, -0.2) is 0 Å². The van der Waals surface area contributed by atoms with Gasteiger partial charge in [-0.2, -0.15) is 0 Å². The largest absolute Gasteiger partial charge is 0.338 e. The Morgan fingerprint density at radius 3 is 1.91 bits per heavy atom. The molecule has 8 aromatic rings. The fraction of sp³-hybridized carbons (Fsp3) is 0.128. The molecule has 2 unspecified atom stereocenters. The van der Waals surface area contributed by atoms with E-state index in [-0.39, 0.29) is 0 Å². The van der Waals surface area contributed by atoms with Crippen LogP contribution in [0.5, 0.6) is 0 Å². The second-order valence-corrected chi connectivity index (χ2v) is 20.1. The minimum atomic E-state index is -0.639. The van der Waals surface area contributed by atoms with E-state index in [4.69, 9.17) is 0 Å². The number of hydrogen-bond donors (Lipinski definition) is 0. The van der Waals surface area contributed by atoms with Gasteiger partial charge < -0.3 is 4.90 Å². The van der Waals surface area contributed by atoms with Crippen LogP contribution in [0, 0.1) is 6.92 Å². The average molecular weight is 1020 g/mol. The molecule has 0 radical (unpaired) electrons. The third-order valence-corrected chi connectivity index (χ3v) is 15.8. The average Bonchev–Trinajstić information content (AvgIpc) is 3.14. The van der Waals surface area contributed by atoms with Gasteiger partial charge in [-0.1, -0.05) is 283 Å². The molecule has 2 aliphatic carbocycles. The molecule has 10 rings (SSSR count). The van der Waals surface area contributed by atoms with Gasteiger partial charge in [0.25, 0.3) is 0 Å². The highest BCUT2D eigenvalue weighted by molar-refractivity contribution is 5.86. The van der Waals surface area contributed by atoms with Crippen molar-refractivity contribution in [3.05, 3.63) is 347 Å². The van der Waals surface area contributed by atoms with Crippen LogP contribution in [-0.4, -0.2) is 6.54 Å². The third-order valence-electron chi connectivity index (χ3n) is 15.8. The first-order valence-corrected chi connectivity index (χ1v) is 27.9. The zero-order valence-corrected chi connectivity index (χ0v) is 46.6. The summed E-state index contributed by atoms with van der Waals surface area (Å²) in [5, 5.41) is 2.00. The first kappa shape index (κ1) is 54.7. The van der Waals surface area contributed by atoms with E-state index in [0.29, 0.717) is 6.54 Å². The van der Waals surface area contributed by atoms with Crippen molar-refractivity contribution in [2.24, 2.45) is 0 Å². The van der Waals surface area contributed by atoms with E-state index in [9.17, 15) is 0 Å². The summed E-state index contributed by atoms with van der Waals surface area (Å²) in [5.41, 5.74) is 20.3. The van der Waals surface area contributed by atoms with Crippen molar-refractivity contribution in [2.45, 2.75) is 57.8 Å². The first-order chi connectivity index (χ1) is 38.8. The zero-order valence-electron chi connectivity index (χ0n) is 46.6. The van der Waals surface area contributed by atoms with Crippen molar-refractivity contribution in [2.75, 3.05) is 11.4 Å². The van der Waals surface area contributed by atoms with Crippen molar-refractivity contribution < 1.29 is 0 Å². The van der Waals surface area contributed by atoms with Crippen LogP contribution in [0.2, 0.25) is 0 Å². The lowest BCUT2D eigenvalue weighted by atomic mass is 9.49. The van der Waals surface area contributed by atoms with E-state index in [0.717, 1.165) is 68.9 Å². The van der Waals surface area contributed by atoms with Crippen LogP contribution in [0.3, 0.4) is 0 Å². The summed E-state index contributed by atoms with van der Waals surface area (Å²) in [6.45, 7) is 30.2. The minimum absolute atomic E-state index is 0.587. The van der Waals surface area contributed by atoms with Gasteiger partial charge in [-0.15, -0.1) is 0 Å². The summed E-state index contributed by atoms with van der Waals surface area (Å²) in [6, 6.07) is 69.6.